The molecule has 1 amide bonds. The topological polar surface area (TPSA) is 91.8 Å². The third-order valence-electron chi connectivity index (χ3n) is 5.33. The molecule has 0 radical (unpaired) electrons. The summed E-state index contributed by atoms with van der Waals surface area (Å²) in [7, 11) is 0. The second-order valence-electron chi connectivity index (χ2n) is 8.02. The number of ether oxygens (including phenoxy) is 4. The van der Waals surface area contributed by atoms with Gasteiger partial charge in [-0.2, -0.15) is 0 Å². The maximum atomic E-state index is 11.1. The van der Waals surface area contributed by atoms with Crippen LogP contribution >= 0.6 is 11.3 Å². The van der Waals surface area contributed by atoms with Crippen molar-refractivity contribution < 1.29 is 23.7 Å². The van der Waals surface area contributed by atoms with E-state index in [0.29, 0.717) is 24.3 Å². The normalized spacial score (nSPS) is 25.2. The minimum atomic E-state index is -0.0279. The zero-order valence-corrected chi connectivity index (χ0v) is 18.3. The van der Waals surface area contributed by atoms with Crippen molar-refractivity contribution in [1.29, 1.82) is 0 Å². The molecule has 3 heterocycles. The van der Waals surface area contributed by atoms with E-state index in [2.05, 4.69) is 15.3 Å². The maximum absolute atomic E-state index is 11.1. The molecule has 1 saturated heterocycles. The first-order chi connectivity index (χ1) is 14.5. The fraction of sp³-hybridized carbons (Fsp3) is 0.667. The van der Waals surface area contributed by atoms with Gasteiger partial charge in [0, 0.05) is 25.5 Å². The van der Waals surface area contributed by atoms with Crippen molar-refractivity contribution in [2.45, 2.75) is 70.3 Å². The first-order valence-electron chi connectivity index (χ1n) is 10.6. The Kier molecular flexibility index (Phi) is 7.01. The summed E-state index contributed by atoms with van der Waals surface area (Å²) in [5, 5.41) is 3.50. The van der Waals surface area contributed by atoms with Crippen LogP contribution in [0.5, 0.6) is 11.1 Å². The summed E-state index contributed by atoms with van der Waals surface area (Å²) < 4.78 is 24.3. The number of carbonyl (C=O) groups is 1. The van der Waals surface area contributed by atoms with Crippen LogP contribution in [0.4, 0.5) is 0 Å². The van der Waals surface area contributed by atoms with Crippen LogP contribution in [0.2, 0.25) is 0 Å². The van der Waals surface area contributed by atoms with E-state index in [9.17, 15) is 4.79 Å². The molecular weight excluding hydrogens is 406 g/mol. The molecule has 2 atom stereocenters. The molecule has 0 bridgehead atoms. The molecule has 164 valence electrons. The summed E-state index contributed by atoms with van der Waals surface area (Å²) in [5.74, 6) is 0.602. The molecule has 0 aromatic carbocycles. The van der Waals surface area contributed by atoms with E-state index in [0.717, 1.165) is 48.9 Å². The Balaban J connectivity index is 1.25. The number of amides is 1. The monoisotopic (exact) mass is 435 g/mol. The summed E-state index contributed by atoms with van der Waals surface area (Å²) in [4.78, 5) is 20.0. The van der Waals surface area contributed by atoms with Crippen LogP contribution in [0, 0.1) is 0 Å². The van der Waals surface area contributed by atoms with E-state index < -0.39 is 0 Å². The van der Waals surface area contributed by atoms with Crippen LogP contribution < -0.4 is 14.8 Å². The van der Waals surface area contributed by atoms with E-state index in [1.54, 1.807) is 6.20 Å². The summed E-state index contributed by atoms with van der Waals surface area (Å²) in [6, 6.07) is 1.98. The van der Waals surface area contributed by atoms with Gasteiger partial charge in [-0.15, -0.1) is 0 Å². The number of rotatable bonds is 8. The molecule has 2 aromatic heterocycles. The molecule has 8 nitrogen and oxygen atoms in total. The van der Waals surface area contributed by atoms with Crippen molar-refractivity contribution in [2.24, 2.45) is 0 Å². The van der Waals surface area contributed by atoms with E-state index in [-0.39, 0.29) is 30.3 Å². The summed E-state index contributed by atoms with van der Waals surface area (Å²) >= 11 is 1.52. The Morgan fingerprint density at radius 2 is 2.03 bits per heavy atom. The van der Waals surface area contributed by atoms with Crippen molar-refractivity contribution in [3.05, 3.63) is 12.3 Å². The molecule has 2 aromatic rings. The fourth-order valence-corrected chi connectivity index (χ4v) is 4.69. The minimum Gasteiger partial charge on any atom is -0.474 e. The Hall–Kier alpha value is -1.97. The second-order valence-corrected chi connectivity index (χ2v) is 9.02. The number of nitrogens with one attached hydrogen (secondary N) is 1. The lowest BCUT2D eigenvalue weighted by molar-refractivity contribution is -0.120. The van der Waals surface area contributed by atoms with Crippen molar-refractivity contribution in [1.82, 2.24) is 15.3 Å². The van der Waals surface area contributed by atoms with Gasteiger partial charge in [-0.1, -0.05) is 11.3 Å². The van der Waals surface area contributed by atoms with E-state index in [4.69, 9.17) is 18.9 Å². The predicted octanol–water partition coefficient (Wildman–Crippen LogP) is 3.09. The number of aromatic nitrogens is 2. The molecule has 4 rings (SSSR count). The van der Waals surface area contributed by atoms with Crippen LogP contribution in [0.15, 0.2) is 12.3 Å². The Morgan fingerprint density at radius 1 is 1.23 bits per heavy atom. The molecule has 0 spiro atoms. The largest absolute Gasteiger partial charge is 0.474 e. The molecule has 1 N–H and O–H groups in total. The molecule has 30 heavy (non-hydrogen) atoms. The zero-order chi connectivity index (χ0) is 20.9. The van der Waals surface area contributed by atoms with Crippen molar-refractivity contribution >= 4 is 27.5 Å². The molecular formula is C21H29N3O5S. The highest BCUT2D eigenvalue weighted by molar-refractivity contribution is 7.20. The van der Waals surface area contributed by atoms with E-state index >= 15 is 0 Å². The van der Waals surface area contributed by atoms with Crippen LogP contribution in [-0.4, -0.2) is 60.0 Å². The van der Waals surface area contributed by atoms with Crippen LogP contribution in [-0.2, 0) is 14.3 Å². The standard InChI is InChI=1S/C21H29N3O5S/c1-13(23-14(2)25)11-27-15-3-5-16(6-4-15)28-20-9-19-18(10-22-20)24-21(30-19)29-17-7-8-26-12-17/h9-10,13,15-17H,3-8,11-12H2,1-2H3,(H,23,25)/t13-,15?,16?,17+/m0/s1. The van der Waals surface area contributed by atoms with Gasteiger partial charge in [-0.3, -0.25) is 4.79 Å². The lowest BCUT2D eigenvalue weighted by atomic mass is 9.95. The van der Waals surface area contributed by atoms with Gasteiger partial charge >= 0.3 is 0 Å². The van der Waals surface area contributed by atoms with Crippen LogP contribution in [0.1, 0.15) is 46.0 Å². The average Bonchev–Trinajstić information content (AvgIpc) is 3.36. The van der Waals surface area contributed by atoms with Gasteiger partial charge in [-0.05, 0) is 32.6 Å². The fourth-order valence-electron chi connectivity index (χ4n) is 3.81. The first-order valence-corrected chi connectivity index (χ1v) is 11.4. The third kappa shape index (κ3) is 5.80. The summed E-state index contributed by atoms with van der Waals surface area (Å²) in [6.07, 6.45) is 6.85. The highest BCUT2D eigenvalue weighted by Gasteiger charge is 2.24. The van der Waals surface area contributed by atoms with Gasteiger partial charge < -0.3 is 24.3 Å². The Morgan fingerprint density at radius 3 is 2.77 bits per heavy atom. The van der Waals surface area contributed by atoms with Gasteiger partial charge in [0.1, 0.15) is 17.7 Å². The third-order valence-corrected chi connectivity index (χ3v) is 6.23. The maximum Gasteiger partial charge on any atom is 0.274 e. The lowest BCUT2D eigenvalue weighted by Crippen LogP contribution is -2.36. The number of thiazole rings is 1. The Labute approximate surface area is 180 Å². The summed E-state index contributed by atoms with van der Waals surface area (Å²) in [6.45, 7) is 5.39. The van der Waals surface area contributed by atoms with Crippen LogP contribution in [0.25, 0.3) is 10.2 Å². The first kappa shape index (κ1) is 21.3. The molecule has 1 saturated carbocycles. The molecule has 0 unspecified atom stereocenters. The van der Waals surface area contributed by atoms with Crippen molar-refractivity contribution in [3.8, 4) is 11.1 Å². The smallest absolute Gasteiger partial charge is 0.274 e. The van der Waals surface area contributed by atoms with Gasteiger partial charge in [0.2, 0.25) is 11.8 Å². The number of hydrogen-bond donors (Lipinski definition) is 1. The Bertz CT molecular complexity index is 846. The van der Waals surface area contributed by atoms with Crippen molar-refractivity contribution in [2.75, 3.05) is 19.8 Å². The highest BCUT2D eigenvalue weighted by atomic mass is 32.1. The molecule has 1 aliphatic heterocycles. The molecule has 2 fully saturated rings. The highest BCUT2D eigenvalue weighted by Crippen LogP contribution is 2.32. The van der Waals surface area contributed by atoms with Crippen LogP contribution in [0.3, 0.4) is 0 Å². The molecule has 2 aliphatic rings. The molecule has 9 heteroatoms. The quantitative estimate of drug-likeness (QED) is 0.681. The van der Waals surface area contributed by atoms with E-state index in [1.165, 1.54) is 18.3 Å². The predicted molar refractivity (Wildman–Crippen MR) is 113 cm³/mol. The SMILES string of the molecule is CC(=O)N[C@@H](C)COC1CCC(Oc2cc3sc(O[C@@H]4CCOC4)nc3cn2)CC1. The minimum absolute atomic E-state index is 0.0279. The average molecular weight is 436 g/mol. The number of pyridine rings is 1. The van der Waals surface area contributed by atoms with E-state index in [1.807, 2.05) is 13.0 Å². The lowest BCUT2D eigenvalue weighted by Gasteiger charge is -2.29. The van der Waals surface area contributed by atoms with Gasteiger partial charge in [0.05, 0.1) is 36.8 Å². The van der Waals surface area contributed by atoms with Crippen molar-refractivity contribution in [3.63, 3.8) is 0 Å². The number of carbonyl (C=O) groups excluding carboxylic acids is 1. The second kappa shape index (κ2) is 9.89. The number of fused-ring (bicyclic) bond motifs is 1. The number of nitrogens with zero attached hydrogens (tertiary/aromatic N) is 2. The molecule has 1 aliphatic carbocycles. The van der Waals surface area contributed by atoms with Gasteiger partial charge in [0.15, 0.2) is 0 Å². The zero-order valence-electron chi connectivity index (χ0n) is 17.5. The summed E-state index contributed by atoms with van der Waals surface area (Å²) in [5.41, 5.74) is 0.826. The number of hydrogen-bond acceptors (Lipinski definition) is 8. The van der Waals surface area contributed by atoms with Gasteiger partial charge in [-0.25, -0.2) is 9.97 Å². The van der Waals surface area contributed by atoms with Gasteiger partial charge in [0.25, 0.3) is 5.19 Å².